The second-order valence-corrected chi connectivity index (χ2v) is 6.78. The van der Waals surface area contributed by atoms with Crippen LogP contribution in [0.5, 0.6) is 5.75 Å². The summed E-state index contributed by atoms with van der Waals surface area (Å²) in [7, 11) is -0.540. The zero-order chi connectivity index (χ0) is 22.2. The summed E-state index contributed by atoms with van der Waals surface area (Å²) in [5.74, 6) is -0.446. The van der Waals surface area contributed by atoms with Gasteiger partial charge in [0.25, 0.3) is 0 Å². The van der Waals surface area contributed by atoms with Gasteiger partial charge in [-0.2, -0.15) is 0 Å². The van der Waals surface area contributed by atoms with Crippen molar-refractivity contribution in [3.8, 4) is 5.75 Å². The van der Waals surface area contributed by atoms with E-state index in [1.54, 1.807) is 31.4 Å². The number of furan rings is 1. The van der Waals surface area contributed by atoms with Crippen molar-refractivity contribution in [3.05, 3.63) is 65.9 Å². The van der Waals surface area contributed by atoms with Gasteiger partial charge in [-0.25, -0.2) is 0 Å². The van der Waals surface area contributed by atoms with Gasteiger partial charge in [0.2, 0.25) is 11.8 Å². The van der Waals surface area contributed by atoms with Gasteiger partial charge in [0.1, 0.15) is 24.0 Å². The molecule has 0 saturated heterocycles. The molecule has 2 amide bonds. The molecule has 1 heterocycles. The summed E-state index contributed by atoms with van der Waals surface area (Å²) in [6, 6.07) is 14.5. The molecular formula is C21H23BN2O7. The van der Waals surface area contributed by atoms with Crippen LogP contribution in [0.4, 0.5) is 0 Å². The van der Waals surface area contributed by atoms with Gasteiger partial charge in [0.05, 0.1) is 13.4 Å². The SMILES string of the molecule is COc1cccc(CNC(=O)CC(=O)N[C@@H](Cc2coc3ccccc23)OB(O)O)c1. The Balaban J connectivity index is 1.55. The quantitative estimate of drug-likeness (QED) is 0.217. The number of amides is 2. The molecule has 0 spiro atoms. The molecule has 0 saturated carbocycles. The standard InChI is InChI=1S/C21H23BN2O7/c1-29-16-6-4-5-14(9-16)12-23-19(25)11-20(26)24-21(31-22(27)28)10-15-13-30-18-8-3-2-7-17(15)18/h2-9,13,21,27-28H,10-12H2,1H3,(H,23,25)(H,24,26)/t21-/m1/s1. The number of fused-ring (bicyclic) bond motifs is 1. The highest BCUT2D eigenvalue weighted by Crippen LogP contribution is 2.22. The third-order valence-corrected chi connectivity index (χ3v) is 4.52. The minimum Gasteiger partial charge on any atom is -0.497 e. The van der Waals surface area contributed by atoms with Gasteiger partial charge >= 0.3 is 7.32 Å². The molecule has 0 radical (unpaired) electrons. The number of carbonyl (C=O) groups excluding carboxylic acids is 2. The normalized spacial score (nSPS) is 11.7. The first kappa shape index (κ1) is 22.4. The third-order valence-electron chi connectivity index (χ3n) is 4.52. The van der Waals surface area contributed by atoms with Crippen molar-refractivity contribution in [2.24, 2.45) is 0 Å². The zero-order valence-electron chi connectivity index (χ0n) is 16.9. The van der Waals surface area contributed by atoms with Crippen LogP contribution in [0.2, 0.25) is 0 Å². The van der Waals surface area contributed by atoms with E-state index >= 15 is 0 Å². The molecule has 3 rings (SSSR count). The monoisotopic (exact) mass is 426 g/mol. The lowest BCUT2D eigenvalue weighted by molar-refractivity contribution is -0.130. The molecule has 0 unspecified atom stereocenters. The Morgan fingerprint density at radius 2 is 1.94 bits per heavy atom. The van der Waals surface area contributed by atoms with Crippen molar-refractivity contribution in [1.29, 1.82) is 0 Å². The molecule has 0 aliphatic carbocycles. The summed E-state index contributed by atoms with van der Waals surface area (Å²) in [4.78, 5) is 24.4. The molecule has 0 aliphatic rings. The third kappa shape index (κ3) is 6.58. The Labute approximate surface area is 179 Å². The van der Waals surface area contributed by atoms with Crippen LogP contribution in [0.25, 0.3) is 11.0 Å². The van der Waals surface area contributed by atoms with Gasteiger partial charge in [0, 0.05) is 23.9 Å². The maximum atomic E-state index is 12.3. The van der Waals surface area contributed by atoms with Crippen LogP contribution in [-0.4, -0.2) is 42.5 Å². The Kier molecular flexibility index (Phi) is 7.66. The molecular weight excluding hydrogens is 403 g/mol. The molecule has 9 nitrogen and oxygen atoms in total. The minimum absolute atomic E-state index is 0.117. The molecule has 31 heavy (non-hydrogen) atoms. The molecule has 0 aliphatic heterocycles. The van der Waals surface area contributed by atoms with Crippen molar-refractivity contribution >= 4 is 30.1 Å². The first-order valence-electron chi connectivity index (χ1n) is 9.60. The number of ether oxygens (including phenoxy) is 1. The van der Waals surface area contributed by atoms with Crippen LogP contribution >= 0.6 is 0 Å². The second-order valence-electron chi connectivity index (χ2n) is 6.78. The van der Waals surface area contributed by atoms with E-state index in [0.717, 1.165) is 10.9 Å². The van der Waals surface area contributed by atoms with Crippen molar-refractivity contribution in [3.63, 3.8) is 0 Å². The van der Waals surface area contributed by atoms with E-state index in [2.05, 4.69) is 10.6 Å². The summed E-state index contributed by atoms with van der Waals surface area (Å²) in [5, 5.41) is 24.3. The number of carbonyl (C=O) groups is 2. The fourth-order valence-electron chi connectivity index (χ4n) is 3.09. The Hall–Kier alpha value is -3.34. The topological polar surface area (TPSA) is 130 Å². The number of hydrogen-bond donors (Lipinski definition) is 4. The maximum absolute atomic E-state index is 12.3. The van der Waals surface area contributed by atoms with E-state index in [-0.39, 0.29) is 13.0 Å². The highest BCUT2D eigenvalue weighted by Gasteiger charge is 2.23. The van der Waals surface area contributed by atoms with Crippen LogP contribution < -0.4 is 15.4 Å². The lowest BCUT2D eigenvalue weighted by atomic mass is 10.1. The average molecular weight is 426 g/mol. The van der Waals surface area contributed by atoms with E-state index in [9.17, 15) is 19.6 Å². The van der Waals surface area contributed by atoms with E-state index in [1.807, 2.05) is 24.3 Å². The summed E-state index contributed by atoms with van der Waals surface area (Å²) in [6.07, 6.45) is 0.112. The van der Waals surface area contributed by atoms with Gasteiger partial charge in [0.15, 0.2) is 0 Å². The van der Waals surface area contributed by atoms with Crippen LogP contribution in [0.15, 0.2) is 59.2 Å². The fourth-order valence-corrected chi connectivity index (χ4v) is 3.09. The zero-order valence-corrected chi connectivity index (χ0v) is 16.9. The molecule has 10 heteroatoms. The molecule has 0 bridgehead atoms. The molecule has 1 aromatic heterocycles. The highest BCUT2D eigenvalue weighted by atomic mass is 16.6. The van der Waals surface area contributed by atoms with Crippen molar-refractivity contribution in [1.82, 2.24) is 10.6 Å². The van der Waals surface area contributed by atoms with Gasteiger partial charge in [-0.15, -0.1) is 0 Å². The highest BCUT2D eigenvalue weighted by molar-refractivity contribution is 6.32. The number of nitrogens with one attached hydrogen (secondary N) is 2. The van der Waals surface area contributed by atoms with Crippen molar-refractivity contribution in [2.45, 2.75) is 25.6 Å². The Morgan fingerprint density at radius 3 is 2.71 bits per heavy atom. The van der Waals surface area contributed by atoms with Gasteiger partial charge in [-0.3, -0.25) is 9.59 Å². The molecule has 162 valence electrons. The Morgan fingerprint density at radius 1 is 1.13 bits per heavy atom. The number of benzene rings is 2. The molecule has 3 aromatic rings. The average Bonchev–Trinajstić information content (AvgIpc) is 3.14. The van der Waals surface area contributed by atoms with Crippen LogP contribution in [0.3, 0.4) is 0 Å². The largest absolute Gasteiger partial charge is 0.635 e. The van der Waals surface area contributed by atoms with Gasteiger partial charge in [-0.1, -0.05) is 30.3 Å². The fraction of sp³-hybridized carbons (Fsp3) is 0.238. The first-order valence-corrected chi connectivity index (χ1v) is 9.60. The number of hydrogen-bond acceptors (Lipinski definition) is 7. The van der Waals surface area contributed by atoms with Crippen molar-refractivity contribution < 1.29 is 33.4 Å². The number of methoxy groups -OCH3 is 1. The van der Waals surface area contributed by atoms with Crippen molar-refractivity contribution in [2.75, 3.05) is 7.11 Å². The summed E-state index contributed by atoms with van der Waals surface area (Å²) >= 11 is 0. The molecule has 2 aromatic carbocycles. The van der Waals surface area contributed by atoms with E-state index in [4.69, 9.17) is 13.8 Å². The predicted molar refractivity (Wildman–Crippen MR) is 113 cm³/mol. The van der Waals surface area contributed by atoms with Crippen LogP contribution in [0, 0.1) is 0 Å². The molecule has 0 fully saturated rings. The van der Waals surface area contributed by atoms with Crippen LogP contribution in [0.1, 0.15) is 17.5 Å². The maximum Gasteiger partial charge on any atom is 0.635 e. The number of para-hydroxylation sites is 1. The van der Waals surface area contributed by atoms with Crippen LogP contribution in [-0.2, 0) is 27.2 Å². The minimum atomic E-state index is -2.09. The van der Waals surface area contributed by atoms with E-state index in [1.165, 1.54) is 6.26 Å². The first-order chi connectivity index (χ1) is 14.9. The molecule has 1 atom stereocenters. The lowest BCUT2D eigenvalue weighted by Crippen LogP contribution is -2.43. The Bertz CT molecular complexity index is 1040. The number of rotatable bonds is 10. The molecule has 4 N–H and O–H groups in total. The lowest BCUT2D eigenvalue weighted by Gasteiger charge is -2.19. The summed E-state index contributed by atoms with van der Waals surface area (Å²) in [5.41, 5.74) is 2.19. The van der Waals surface area contributed by atoms with Gasteiger partial charge < -0.3 is 34.5 Å². The summed E-state index contributed by atoms with van der Waals surface area (Å²) in [6.45, 7) is 0.236. The second kappa shape index (κ2) is 10.6. The van der Waals surface area contributed by atoms with Gasteiger partial charge in [-0.05, 0) is 23.8 Å². The summed E-state index contributed by atoms with van der Waals surface area (Å²) < 4.78 is 15.6. The van der Waals surface area contributed by atoms with E-state index < -0.39 is 31.8 Å². The van der Waals surface area contributed by atoms with E-state index in [0.29, 0.717) is 16.9 Å². The predicted octanol–water partition coefficient (Wildman–Crippen LogP) is 1.12. The smallest absolute Gasteiger partial charge is 0.497 e.